The van der Waals surface area contributed by atoms with E-state index in [-0.39, 0.29) is 5.82 Å². The van der Waals surface area contributed by atoms with E-state index in [9.17, 15) is 9.65 Å². The van der Waals surface area contributed by atoms with Gasteiger partial charge in [-0.15, -0.1) is 0 Å². The highest BCUT2D eigenvalue weighted by Gasteiger charge is 2.15. The fourth-order valence-corrected chi connectivity index (χ4v) is 3.77. The highest BCUT2D eigenvalue weighted by molar-refractivity contribution is 6.43. The van der Waals surface area contributed by atoms with Crippen LogP contribution in [0.3, 0.4) is 0 Å². The number of H-pyrrole nitrogens is 1. The summed E-state index contributed by atoms with van der Waals surface area (Å²) in [5.74, 6) is 0.0239. The number of imidazole rings is 1. The van der Waals surface area contributed by atoms with Crippen molar-refractivity contribution >= 4 is 45.9 Å². The number of nitrogens with zero attached hydrogens (tertiary/aromatic N) is 3. The van der Waals surface area contributed by atoms with Crippen LogP contribution in [-0.2, 0) is 0 Å². The zero-order valence-corrected chi connectivity index (χ0v) is 17.1. The quantitative estimate of drug-likeness (QED) is 0.382. The zero-order chi connectivity index (χ0) is 20.7. The van der Waals surface area contributed by atoms with Crippen LogP contribution in [0.1, 0.15) is 22.8 Å². The fraction of sp³-hybridized carbons (Fsp3) is 0.0909. The average Bonchev–Trinajstić information content (AvgIpc) is 3.22. The second-order valence-corrected chi connectivity index (χ2v) is 7.44. The summed E-state index contributed by atoms with van der Waals surface area (Å²) in [6, 6.07) is 13.9. The Hall–Kier alpha value is -3.07. The Morgan fingerprint density at radius 2 is 2.00 bits per heavy atom. The maximum atomic E-state index is 13.4. The molecule has 0 saturated carbocycles. The first-order valence-electron chi connectivity index (χ1n) is 8.80. The predicted molar refractivity (Wildman–Crippen MR) is 115 cm³/mol. The van der Waals surface area contributed by atoms with E-state index in [1.807, 2.05) is 36.6 Å². The summed E-state index contributed by atoms with van der Waals surface area (Å²) in [6.07, 6.45) is 1.76. The number of fused-ring (bicyclic) bond motifs is 1. The molecular formula is C22H15Cl2FN4. The Kier molecular flexibility index (Phi) is 4.91. The Bertz CT molecular complexity index is 1320. The van der Waals surface area contributed by atoms with Gasteiger partial charge >= 0.3 is 0 Å². The van der Waals surface area contributed by atoms with Crippen molar-refractivity contribution < 1.29 is 4.39 Å². The van der Waals surface area contributed by atoms with Crippen molar-refractivity contribution in [3.63, 3.8) is 0 Å². The van der Waals surface area contributed by atoms with Crippen LogP contribution in [0.5, 0.6) is 0 Å². The predicted octanol–water partition coefficient (Wildman–Crippen LogP) is 6.48. The van der Waals surface area contributed by atoms with Gasteiger partial charge in [0.05, 0.1) is 32.3 Å². The molecule has 144 valence electrons. The summed E-state index contributed by atoms with van der Waals surface area (Å²) in [7, 11) is 0. The third-order valence-corrected chi connectivity index (χ3v) is 5.57. The molecule has 0 spiro atoms. The number of hydrogen-bond donors (Lipinski definition) is 1. The molecule has 0 aliphatic heterocycles. The van der Waals surface area contributed by atoms with Gasteiger partial charge in [-0.25, -0.2) is 9.37 Å². The molecule has 0 aliphatic carbocycles. The van der Waals surface area contributed by atoms with Crippen LogP contribution in [-0.4, -0.2) is 14.5 Å². The molecule has 7 heteroatoms. The van der Waals surface area contributed by atoms with Crippen molar-refractivity contribution in [3.05, 3.63) is 81.1 Å². The first-order valence-corrected chi connectivity index (χ1v) is 9.55. The summed E-state index contributed by atoms with van der Waals surface area (Å²) in [5, 5.41) is 10.6. The third-order valence-electron chi connectivity index (χ3n) is 4.76. The van der Waals surface area contributed by atoms with Crippen LogP contribution in [0, 0.1) is 31.0 Å². The molecule has 4 nitrogen and oxygen atoms in total. The van der Waals surface area contributed by atoms with E-state index in [1.165, 1.54) is 12.1 Å². The van der Waals surface area contributed by atoms with Crippen molar-refractivity contribution in [2.45, 2.75) is 13.8 Å². The van der Waals surface area contributed by atoms with E-state index in [4.69, 9.17) is 23.2 Å². The minimum atomic E-state index is -0.364. The molecule has 4 rings (SSSR count). The largest absolute Gasteiger partial charge is 0.337 e. The lowest BCUT2D eigenvalue weighted by Gasteiger charge is -2.12. The van der Waals surface area contributed by atoms with Gasteiger partial charge in [0.25, 0.3) is 0 Å². The number of rotatable bonds is 3. The van der Waals surface area contributed by atoms with Gasteiger partial charge in [0.2, 0.25) is 0 Å². The number of aromatic amines is 1. The maximum Gasteiger partial charge on any atom is 0.149 e. The van der Waals surface area contributed by atoms with Gasteiger partial charge in [0, 0.05) is 11.4 Å². The lowest BCUT2D eigenvalue weighted by atomic mass is 10.1. The molecule has 2 aromatic heterocycles. The Morgan fingerprint density at radius 3 is 2.76 bits per heavy atom. The van der Waals surface area contributed by atoms with Crippen LogP contribution in [0.2, 0.25) is 10.0 Å². The topological polar surface area (TPSA) is 57.4 Å². The average molecular weight is 425 g/mol. The van der Waals surface area contributed by atoms with Crippen LogP contribution in [0.4, 0.5) is 4.39 Å². The van der Waals surface area contributed by atoms with E-state index in [0.29, 0.717) is 32.5 Å². The van der Waals surface area contributed by atoms with Gasteiger partial charge < -0.3 is 9.55 Å². The smallest absolute Gasteiger partial charge is 0.149 e. The first-order chi connectivity index (χ1) is 13.9. The number of halogens is 3. The van der Waals surface area contributed by atoms with Gasteiger partial charge in [-0.2, -0.15) is 5.26 Å². The number of aryl methyl sites for hydroxylation is 1. The minimum absolute atomic E-state index is 0.346. The van der Waals surface area contributed by atoms with Crippen molar-refractivity contribution in [1.82, 2.24) is 14.5 Å². The highest BCUT2D eigenvalue weighted by Crippen LogP contribution is 2.32. The molecule has 2 aromatic carbocycles. The molecule has 0 aliphatic rings. The van der Waals surface area contributed by atoms with Crippen molar-refractivity contribution in [2.24, 2.45) is 0 Å². The highest BCUT2D eigenvalue weighted by atomic mass is 35.5. The number of benzene rings is 2. The summed E-state index contributed by atoms with van der Waals surface area (Å²) in [6.45, 7) is 3.90. The SMILES string of the molecule is Cc1cc(/C=C(/C#N)c2nc3ccc(F)cc3[nH]2)c(C)n1-c1cccc(Cl)c1Cl. The van der Waals surface area contributed by atoms with Gasteiger partial charge in [-0.3, -0.25) is 0 Å². The molecular weight excluding hydrogens is 410 g/mol. The summed E-state index contributed by atoms with van der Waals surface area (Å²) in [4.78, 5) is 7.42. The van der Waals surface area contributed by atoms with Crippen LogP contribution < -0.4 is 0 Å². The van der Waals surface area contributed by atoms with E-state index in [2.05, 4.69) is 16.0 Å². The minimum Gasteiger partial charge on any atom is -0.337 e. The number of nitriles is 1. The lowest BCUT2D eigenvalue weighted by Crippen LogP contribution is -2.00. The normalized spacial score (nSPS) is 11.8. The van der Waals surface area contributed by atoms with E-state index in [0.717, 1.165) is 22.6 Å². The monoisotopic (exact) mass is 424 g/mol. The molecule has 0 amide bonds. The molecule has 0 bridgehead atoms. The van der Waals surface area contributed by atoms with Crippen molar-refractivity contribution in [2.75, 3.05) is 0 Å². The Balaban J connectivity index is 1.82. The molecule has 1 N–H and O–H groups in total. The maximum absolute atomic E-state index is 13.4. The Morgan fingerprint density at radius 1 is 1.21 bits per heavy atom. The fourth-order valence-electron chi connectivity index (χ4n) is 3.39. The number of allylic oxidation sites excluding steroid dienone is 1. The van der Waals surface area contributed by atoms with Crippen molar-refractivity contribution in [1.29, 1.82) is 5.26 Å². The standard InChI is InChI=1S/C22H15Cl2FN4/c1-12-8-14(13(2)29(12)20-5-3-4-17(23)21(20)24)9-15(11-26)22-27-18-7-6-16(25)10-19(18)28-22/h3-10H,1-2H3,(H,27,28)/b15-9-. The van der Waals surface area contributed by atoms with Gasteiger partial charge in [0.1, 0.15) is 17.7 Å². The molecule has 0 fully saturated rings. The van der Waals surface area contributed by atoms with Crippen LogP contribution in [0.15, 0.2) is 42.5 Å². The summed E-state index contributed by atoms with van der Waals surface area (Å²) >= 11 is 12.6. The number of nitrogens with one attached hydrogen (secondary N) is 1. The molecule has 29 heavy (non-hydrogen) atoms. The third kappa shape index (κ3) is 3.42. The van der Waals surface area contributed by atoms with Gasteiger partial charge in [-0.05, 0) is 61.9 Å². The lowest BCUT2D eigenvalue weighted by molar-refractivity contribution is 0.629. The molecule has 4 aromatic rings. The van der Waals surface area contributed by atoms with Crippen LogP contribution in [0.25, 0.3) is 28.4 Å². The molecule has 0 atom stereocenters. The van der Waals surface area contributed by atoms with Crippen molar-refractivity contribution in [3.8, 4) is 11.8 Å². The molecule has 0 radical (unpaired) electrons. The number of hydrogen-bond acceptors (Lipinski definition) is 2. The van der Waals surface area contributed by atoms with Gasteiger partial charge in [-0.1, -0.05) is 29.3 Å². The van der Waals surface area contributed by atoms with Crippen LogP contribution >= 0.6 is 23.2 Å². The first kappa shape index (κ1) is 19.3. The number of aromatic nitrogens is 3. The Labute approximate surface area is 176 Å². The van der Waals surface area contributed by atoms with E-state index < -0.39 is 0 Å². The second-order valence-electron chi connectivity index (χ2n) is 6.65. The molecule has 0 saturated heterocycles. The summed E-state index contributed by atoms with van der Waals surface area (Å²) < 4.78 is 15.4. The second kappa shape index (κ2) is 7.40. The summed E-state index contributed by atoms with van der Waals surface area (Å²) in [5.41, 5.74) is 4.95. The van der Waals surface area contributed by atoms with Gasteiger partial charge in [0.15, 0.2) is 0 Å². The zero-order valence-electron chi connectivity index (χ0n) is 15.6. The molecule has 0 unspecified atom stereocenters. The molecule has 2 heterocycles. The van der Waals surface area contributed by atoms with E-state index >= 15 is 0 Å². The van der Waals surface area contributed by atoms with E-state index in [1.54, 1.807) is 18.2 Å².